The third kappa shape index (κ3) is 4.03. The SMILES string of the molecule is OC(Cc1cccc(Br)c1)Cc1cccc(Cl)c1F. The molecule has 2 aromatic rings. The predicted octanol–water partition coefficient (Wildman–Crippen LogP) is 4.39. The van der Waals surface area contributed by atoms with Crippen LogP contribution in [0.4, 0.5) is 4.39 Å². The molecular weight excluding hydrogens is 331 g/mol. The minimum atomic E-state index is -0.637. The summed E-state index contributed by atoms with van der Waals surface area (Å²) in [6.07, 6.45) is 0.0897. The summed E-state index contributed by atoms with van der Waals surface area (Å²) < 4.78 is 14.7. The summed E-state index contributed by atoms with van der Waals surface area (Å²) >= 11 is 9.10. The molecule has 100 valence electrons. The van der Waals surface area contributed by atoms with E-state index in [1.165, 1.54) is 6.07 Å². The van der Waals surface area contributed by atoms with E-state index in [-0.39, 0.29) is 11.4 Å². The Labute approximate surface area is 125 Å². The van der Waals surface area contributed by atoms with Crippen LogP contribution in [-0.2, 0) is 12.8 Å². The van der Waals surface area contributed by atoms with Crippen molar-refractivity contribution < 1.29 is 9.50 Å². The summed E-state index contributed by atoms with van der Waals surface area (Å²) in [6, 6.07) is 12.5. The van der Waals surface area contributed by atoms with E-state index < -0.39 is 11.9 Å². The zero-order valence-electron chi connectivity index (χ0n) is 10.1. The van der Waals surface area contributed by atoms with Crippen molar-refractivity contribution in [3.05, 3.63) is 68.9 Å². The molecule has 1 unspecified atom stereocenters. The van der Waals surface area contributed by atoms with Gasteiger partial charge >= 0.3 is 0 Å². The van der Waals surface area contributed by atoms with Crippen molar-refractivity contribution in [1.82, 2.24) is 0 Å². The summed E-state index contributed by atoms with van der Waals surface area (Å²) in [5, 5.41) is 10.1. The molecule has 2 aromatic carbocycles. The largest absolute Gasteiger partial charge is 0.392 e. The van der Waals surface area contributed by atoms with Gasteiger partial charge in [0.25, 0.3) is 0 Å². The highest BCUT2D eigenvalue weighted by atomic mass is 79.9. The molecule has 4 heteroatoms. The van der Waals surface area contributed by atoms with Crippen LogP contribution in [0.2, 0.25) is 5.02 Å². The fourth-order valence-corrected chi connectivity index (χ4v) is 2.61. The lowest BCUT2D eigenvalue weighted by Gasteiger charge is -2.12. The first-order valence-corrected chi connectivity index (χ1v) is 7.09. The first-order valence-electron chi connectivity index (χ1n) is 5.91. The van der Waals surface area contributed by atoms with Crippen molar-refractivity contribution in [2.45, 2.75) is 18.9 Å². The molecule has 0 radical (unpaired) electrons. The Morgan fingerprint density at radius 1 is 1.16 bits per heavy atom. The van der Waals surface area contributed by atoms with Crippen LogP contribution in [0, 0.1) is 5.82 Å². The minimum Gasteiger partial charge on any atom is -0.392 e. The third-order valence-corrected chi connectivity index (χ3v) is 3.63. The van der Waals surface area contributed by atoms with Gasteiger partial charge in [-0.3, -0.25) is 0 Å². The van der Waals surface area contributed by atoms with Gasteiger partial charge in [0.2, 0.25) is 0 Å². The molecule has 2 rings (SSSR count). The Bertz CT molecular complexity index is 574. The monoisotopic (exact) mass is 342 g/mol. The second kappa shape index (κ2) is 6.51. The molecule has 0 fully saturated rings. The number of halogens is 3. The number of hydrogen-bond acceptors (Lipinski definition) is 1. The van der Waals surface area contributed by atoms with E-state index in [4.69, 9.17) is 11.6 Å². The molecule has 0 aromatic heterocycles. The zero-order valence-corrected chi connectivity index (χ0v) is 12.5. The molecule has 0 spiro atoms. The van der Waals surface area contributed by atoms with Crippen LogP contribution in [0.3, 0.4) is 0 Å². The first-order chi connectivity index (χ1) is 9.06. The normalized spacial score (nSPS) is 12.4. The predicted molar refractivity (Wildman–Crippen MR) is 79.0 cm³/mol. The topological polar surface area (TPSA) is 20.2 Å². The lowest BCUT2D eigenvalue weighted by molar-refractivity contribution is 0.174. The molecule has 0 bridgehead atoms. The maximum absolute atomic E-state index is 13.7. The van der Waals surface area contributed by atoms with E-state index in [0.717, 1.165) is 10.0 Å². The van der Waals surface area contributed by atoms with E-state index in [1.807, 2.05) is 24.3 Å². The number of hydrogen-bond donors (Lipinski definition) is 1. The molecule has 19 heavy (non-hydrogen) atoms. The van der Waals surface area contributed by atoms with Gasteiger partial charge in [-0.2, -0.15) is 0 Å². The molecule has 0 aliphatic carbocycles. The van der Waals surface area contributed by atoms with Crippen LogP contribution in [0.25, 0.3) is 0 Å². The first kappa shape index (κ1) is 14.5. The van der Waals surface area contributed by atoms with Crippen LogP contribution < -0.4 is 0 Å². The van der Waals surface area contributed by atoms with Crippen molar-refractivity contribution in [1.29, 1.82) is 0 Å². The molecule has 0 heterocycles. The average Bonchev–Trinajstić information content (AvgIpc) is 2.35. The van der Waals surface area contributed by atoms with Crippen LogP contribution in [-0.4, -0.2) is 11.2 Å². The summed E-state index contributed by atoms with van der Waals surface area (Å²) in [5.41, 5.74) is 1.44. The highest BCUT2D eigenvalue weighted by molar-refractivity contribution is 9.10. The maximum Gasteiger partial charge on any atom is 0.145 e. The molecule has 0 aliphatic heterocycles. The fourth-order valence-electron chi connectivity index (χ4n) is 1.97. The third-order valence-electron chi connectivity index (χ3n) is 2.85. The second-order valence-corrected chi connectivity index (χ2v) is 5.73. The summed E-state index contributed by atoms with van der Waals surface area (Å²) in [4.78, 5) is 0. The number of rotatable bonds is 4. The van der Waals surface area contributed by atoms with Gasteiger partial charge in [-0.25, -0.2) is 4.39 Å². The van der Waals surface area contributed by atoms with Crippen molar-refractivity contribution in [3.63, 3.8) is 0 Å². The summed E-state index contributed by atoms with van der Waals surface area (Å²) in [5.74, 6) is -0.447. The van der Waals surface area contributed by atoms with Gasteiger partial charge in [-0.1, -0.05) is 51.8 Å². The summed E-state index contributed by atoms with van der Waals surface area (Å²) in [7, 11) is 0. The van der Waals surface area contributed by atoms with E-state index in [0.29, 0.717) is 12.0 Å². The highest BCUT2D eigenvalue weighted by Crippen LogP contribution is 2.20. The van der Waals surface area contributed by atoms with Gasteiger partial charge in [0, 0.05) is 10.9 Å². The van der Waals surface area contributed by atoms with E-state index >= 15 is 0 Å². The number of aliphatic hydroxyl groups excluding tert-OH is 1. The molecule has 1 nitrogen and oxygen atoms in total. The van der Waals surface area contributed by atoms with Crippen LogP contribution in [0.1, 0.15) is 11.1 Å². The standard InChI is InChI=1S/C15H13BrClFO/c16-12-5-1-3-10(7-12)8-13(19)9-11-4-2-6-14(17)15(11)18/h1-7,13,19H,8-9H2. The summed E-state index contributed by atoms with van der Waals surface area (Å²) in [6.45, 7) is 0. The van der Waals surface area contributed by atoms with Gasteiger partial charge in [0.05, 0.1) is 11.1 Å². The van der Waals surface area contributed by atoms with Gasteiger partial charge < -0.3 is 5.11 Å². The number of benzene rings is 2. The van der Waals surface area contributed by atoms with Crippen molar-refractivity contribution in [3.8, 4) is 0 Å². The quantitative estimate of drug-likeness (QED) is 0.873. The van der Waals surface area contributed by atoms with E-state index in [1.54, 1.807) is 12.1 Å². The minimum absolute atomic E-state index is 0.0900. The molecule has 0 aliphatic rings. The molecular formula is C15H13BrClFO. The lowest BCUT2D eigenvalue weighted by Crippen LogP contribution is -2.15. The Hall–Kier alpha value is -0.900. The van der Waals surface area contributed by atoms with Crippen molar-refractivity contribution in [2.24, 2.45) is 0 Å². The zero-order chi connectivity index (χ0) is 13.8. The Morgan fingerprint density at radius 2 is 1.89 bits per heavy atom. The second-order valence-electron chi connectivity index (χ2n) is 4.40. The Morgan fingerprint density at radius 3 is 2.63 bits per heavy atom. The molecule has 0 saturated heterocycles. The lowest BCUT2D eigenvalue weighted by atomic mass is 10.0. The van der Waals surface area contributed by atoms with E-state index in [2.05, 4.69) is 15.9 Å². The average molecular weight is 344 g/mol. The number of aliphatic hydroxyl groups is 1. The van der Waals surface area contributed by atoms with Gasteiger partial charge in [-0.15, -0.1) is 0 Å². The van der Waals surface area contributed by atoms with Crippen LogP contribution in [0.5, 0.6) is 0 Å². The van der Waals surface area contributed by atoms with Gasteiger partial charge in [0.15, 0.2) is 0 Å². The molecule has 1 atom stereocenters. The fraction of sp³-hybridized carbons (Fsp3) is 0.200. The van der Waals surface area contributed by atoms with Gasteiger partial charge in [0.1, 0.15) is 5.82 Å². The molecule has 1 N–H and O–H groups in total. The smallest absolute Gasteiger partial charge is 0.145 e. The van der Waals surface area contributed by atoms with Crippen LogP contribution >= 0.6 is 27.5 Å². The molecule has 0 saturated carbocycles. The Balaban J connectivity index is 2.05. The Kier molecular flexibility index (Phi) is 4.97. The van der Waals surface area contributed by atoms with Gasteiger partial charge in [-0.05, 0) is 35.7 Å². The van der Waals surface area contributed by atoms with Crippen molar-refractivity contribution in [2.75, 3.05) is 0 Å². The van der Waals surface area contributed by atoms with Crippen LogP contribution in [0.15, 0.2) is 46.9 Å². The highest BCUT2D eigenvalue weighted by Gasteiger charge is 2.12. The van der Waals surface area contributed by atoms with Crippen molar-refractivity contribution >= 4 is 27.5 Å². The van der Waals surface area contributed by atoms with E-state index in [9.17, 15) is 9.50 Å². The maximum atomic E-state index is 13.7. The molecule has 0 amide bonds.